The van der Waals surface area contributed by atoms with E-state index in [1.807, 2.05) is 19.1 Å². The molecule has 2 aliphatic rings. The number of halogens is 1. The van der Waals surface area contributed by atoms with Gasteiger partial charge in [-0.15, -0.1) is 0 Å². The predicted octanol–water partition coefficient (Wildman–Crippen LogP) is 3.98. The number of likely N-dealkylation sites (tertiary alicyclic amines) is 1. The summed E-state index contributed by atoms with van der Waals surface area (Å²) in [5.41, 5.74) is -0.767. The molecule has 0 bridgehead atoms. The molecule has 1 N–H and O–H groups in total. The number of benzene rings is 1. The summed E-state index contributed by atoms with van der Waals surface area (Å²) in [6.07, 6.45) is 1.83. The Kier molecular flexibility index (Phi) is 4.16. The first-order chi connectivity index (χ1) is 13.9. The average molecular weight is 414 g/mol. The van der Waals surface area contributed by atoms with Gasteiger partial charge in [0.2, 0.25) is 0 Å². The van der Waals surface area contributed by atoms with E-state index in [9.17, 15) is 14.0 Å². The molecule has 0 radical (unpaired) electrons. The van der Waals surface area contributed by atoms with E-state index in [-0.39, 0.29) is 17.4 Å². The highest BCUT2D eigenvalue weighted by Crippen LogP contribution is 2.48. The van der Waals surface area contributed by atoms with Crippen LogP contribution in [-0.4, -0.2) is 32.5 Å². The molecule has 2 fully saturated rings. The van der Waals surface area contributed by atoms with E-state index in [1.54, 1.807) is 17.0 Å². The molecule has 1 aliphatic heterocycles. The lowest BCUT2D eigenvalue weighted by Gasteiger charge is -2.22. The van der Waals surface area contributed by atoms with Crippen LogP contribution in [0.4, 0.5) is 9.18 Å². The molecule has 7 nitrogen and oxygen atoms in total. The number of thiazole rings is 1. The van der Waals surface area contributed by atoms with Crippen LogP contribution in [0.2, 0.25) is 0 Å². The number of hydrogen-bond donors (Lipinski definition) is 1. The summed E-state index contributed by atoms with van der Waals surface area (Å²) in [5, 5.41) is 0.623. The molecule has 1 saturated heterocycles. The van der Waals surface area contributed by atoms with Crippen LogP contribution in [0, 0.1) is 6.92 Å². The third-order valence-electron chi connectivity index (χ3n) is 5.37. The zero-order valence-electron chi connectivity index (χ0n) is 15.8. The first-order valence-corrected chi connectivity index (χ1v) is 10.4. The van der Waals surface area contributed by atoms with Gasteiger partial charge < -0.3 is 9.72 Å². The molecule has 1 saturated carbocycles. The quantitative estimate of drug-likeness (QED) is 0.700. The Labute approximate surface area is 169 Å². The van der Waals surface area contributed by atoms with Crippen molar-refractivity contribution in [1.29, 1.82) is 0 Å². The van der Waals surface area contributed by atoms with Gasteiger partial charge in [-0.1, -0.05) is 23.5 Å². The minimum Gasteiger partial charge on any atom is -0.410 e. The van der Waals surface area contributed by atoms with Crippen LogP contribution >= 0.6 is 11.3 Å². The van der Waals surface area contributed by atoms with Crippen molar-refractivity contribution < 1.29 is 13.9 Å². The minimum atomic E-state index is -1.52. The van der Waals surface area contributed by atoms with E-state index >= 15 is 0 Å². The van der Waals surface area contributed by atoms with E-state index < -0.39 is 17.3 Å². The van der Waals surface area contributed by atoms with Crippen LogP contribution in [0.15, 0.2) is 29.1 Å². The van der Waals surface area contributed by atoms with Crippen LogP contribution in [-0.2, 0) is 5.67 Å². The van der Waals surface area contributed by atoms with Gasteiger partial charge in [0, 0.05) is 6.54 Å². The average Bonchev–Trinajstić information content (AvgIpc) is 3.09. The molecule has 1 aromatic carbocycles. The van der Waals surface area contributed by atoms with Crippen LogP contribution in [0.5, 0.6) is 5.75 Å². The topological polar surface area (TPSA) is 88.2 Å². The Morgan fingerprint density at radius 2 is 2.21 bits per heavy atom. The van der Waals surface area contributed by atoms with E-state index in [0.29, 0.717) is 35.0 Å². The predicted molar refractivity (Wildman–Crippen MR) is 106 cm³/mol. The van der Waals surface area contributed by atoms with Gasteiger partial charge in [0.15, 0.2) is 16.0 Å². The monoisotopic (exact) mass is 414 g/mol. The highest BCUT2D eigenvalue weighted by molar-refractivity contribution is 7.18. The number of fused-ring (bicyclic) bond motifs is 1. The fourth-order valence-corrected chi connectivity index (χ4v) is 4.72. The van der Waals surface area contributed by atoms with E-state index in [0.717, 1.165) is 18.4 Å². The number of aromatic nitrogens is 3. The number of alkyl halides is 1. The summed E-state index contributed by atoms with van der Waals surface area (Å²) in [6, 6.07) is 7.02. The maximum atomic E-state index is 14.3. The normalized spacial score (nSPS) is 20.2. The number of carbonyl (C=O) groups excluding carboxylic acids is 1. The Morgan fingerprint density at radius 3 is 2.97 bits per heavy atom. The second kappa shape index (κ2) is 6.62. The van der Waals surface area contributed by atoms with Crippen molar-refractivity contribution >= 4 is 27.8 Å². The summed E-state index contributed by atoms with van der Waals surface area (Å²) in [4.78, 5) is 38.4. The van der Waals surface area contributed by atoms with Crippen molar-refractivity contribution in [2.24, 2.45) is 0 Å². The number of H-pyrrole nitrogens is 1. The smallest absolute Gasteiger partial charge is 0.410 e. The van der Waals surface area contributed by atoms with Crippen molar-refractivity contribution in [3.05, 3.63) is 51.0 Å². The van der Waals surface area contributed by atoms with E-state index in [4.69, 9.17) is 4.74 Å². The molecule has 9 heteroatoms. The highest BCUT2D eigenvalue weighted by atomic mass is 32.1. The Hall–Kier alpha value is -2.81. The highest BCUT2D eigenvalue weighted by Gasteiger charge is 2.48. The zero-order valence-corrected chi connectivity index (χ0v) is 16.6. The second-order valence-corrected chi connectivity index (χ2v) is 8.63. The molecule has 1 aliphatic carbocycles. The SMILES string of the molecule is Cc1cccc(OC(=O)N2CCCC2c2nc3c(=O)[nH]c(C4(F)CC4)nc3s2)c1. The molecule has 1 unspecified atom stereocenters. The van der Waals surface area contributed by atoms with Gasteiger partial charge in [-0.05, 0) is 50.3 Å². The molecule has 0 spiro atoms. The lowest BCUT2D eigenvalue weighted by atomic mass is 10.2. The summed E-state index contributed by atoms with van der Waals surface area (Å²) >= 11 is 1.24. The molecule has 1 amide bonds. The van der Waals surface area contributed by atoms with Crippen molar-refractivity contribution in [1.82, 2.24) is 19.9 Å². The Morgan fingerprint density at radius 1 is 1.38 bits per heavy atom. The molecular weight excluding hydrogens is 395 g/mol. The molecular formula is C20H19FN4O3S. The van der Waals surface area contributed by atoms with Crippen molar-refractivity contribution in [3.8, 4) is 5.75 Å². The fourth-order valence-electron chi connectivity index (χ4n) is 3.63. The fraction of sp³-hybridized carbons (Fsp3) is 0.400. The number of amides is 1. The number of nitrogens with zero attached hydrogens (tertiary/aromatic N) is 3. The molecule has 5 rings (SSSR count). The van der Waals surface area contributed by atoms with Gasteiger partial charge in [0.05, 0.1) is 6.04 Å². The van der Waals surface area contributed by atoms with Crippen LogP contribution in [0.3, 0.4) is 0 Å². The van der Waals surface area contributed by atoms with Gasteiger partial charge in [0.25, 0.3) is 5.56 Å². The zero-order chi connectivity index (χ0) is 20.2. The van der Waals surface area contributed by atoms with Crippen LogP contribution < -0.4 is 10.3 Å². The molecule has 150 valence electrons. The second-order valence-electron chi connectivity index (χ2n) is 7.62. The maximum Gasteiger partial charge on any atom is 0.415 e. The number of ether oxygens (including phenoxy) is 1. The largest absolute Gasteiger partial charge is 0.415 e. The van der Waals surface area contributed by atoms with Gasteiger partial charge in [-0.2, -0.15) is 0 Å². The number of rotatable bonds is 3. The molecule has 1 atom stereocenters. The standard InChI is InChI=1S/C20H19FN4O3S/c1-11-4-2-5-12(10-11)28-19(27)25-9-3-6-13(25)16-22-14-15(26)23-18(20(21)7-8-20)24-17(14)29-16/h2,4-5,10,13H,3,6-9H2,1H3,(H,23,24,26). The van der Waals surface area contributed by atoms with Gasteiger partial charge >= 0.3 is 6.09 Å². The van der Waals surface area contributed by atoms with Crippen LogP contribution in [0.25, 0.3) is 10.3 Å². The van der Waals surface area contributed by atoms with Crippen molar-refractivity contribution in [2.45, 2.75) is 44.3 Å². The third-order valence-corrected chi connectivity index (χ3v) is 6.42. The van der Waals surface area contributed by atoms with Gasteiger partial charge in [-0.3, -0.25) is 9.69 Å². The Balaban J connectivity index is 1.43. The summed E-state index contributed by atoms with van der Waals surface area (Å²) in [7, 11) is 0. The summed E-state index contributed by atoms with van der Waals surface area (Å²) in [6.45, 7) is 2.48. The first kappa shape index (κ1) is 18.2. The van der Waals surface area contributed by atoms with Crippen molar-refractivity contribution in [3.63, 3.8) is 0 Å². The van der Waals surface area contributed by atoms with Gasteiger partial charge in [-0.25, -0.2) is 19.2 Å². The first-order valence-electron chi connectivity index (χ1n) is 9.58. The molecule has 3 aromatic rings. The number of aromatic amines is 1. The lowest BCUT2D eigenvalue weighted by molar-refractivity contribution is 0.147. The summed E-state index contributed by atoms with van der Waals surface area (Å²) in [5.74, 6) is 0.567. The molecule has 2 aromatic heterocycles. The van der Waals surface area contributed by atoms with E-state index in [1.165, 1.54) is 11.3 Å². The third kappa shape index (κ3) is 3.29. The number of nitrogens with one attached hydrogen (secondary N) is 1. The van der Waals surface area contributed by atoms with Gasteiger partial charge in [0.1, 0.15) is 16.6 Å². The lowest BCUT2D eigenvalue weighted by Crippen LogP contribution is -2.33. The number of hydrogen-bond acceptors (Lipinski definition) is 6. The number of aryl methyl sites for hydroxylation is 1. The van der Waals surface area contributed by atoms with E-state index in [2.05, 4.69) is 15.0 Å². The van der Waals surface area contributed by atoms with Crippen molar-refractivity contribution in [2.75, 3.05) is 6.54 Å². The number of carbonyl (C=O) groups is 1. The molecule has 3 heterocycles. The molecule has 29 heavy (non-hydrogen) atoms. The summed E-state index contributed by atoms with van der Waals surface area (Å²) < 4.78 is 19.9. The minimum absolute atomic E-state index is 0.0762. The Bertz CT molecular complexity index is 1170. The van der Waals surface area contributed by atoms with Crippen LogP contribution in [0.1, 0.15) is 48.1 Å². The maximum absolute atomic E-state index is 14.3.